The van der Waals surface area contributed by atoms with Crippen molar-refractivity contribution in [1.29, 1.82) is 0 Å². The fourth-order valence-corrected chi connectivity index (χ4v) is 6.37. The molecule has 0 spiro atoms. The van der Waals surface area contributed by atoms with Gasteiger partial charge in [-0.2, -0.15) is 0 Å². The molecule has 3 aliphatic heterocycles. The predicted molar refractivity (Wildman–Crippen MR) is 161 cm³/mol. The van der Waals surface area contributed by atoms with Gasteiger partial charge in [-0.3, -0.25) is 4.79 Å². The number of carbonyl (C=O) groups excluding carboxylic acids is 1. The molecule has 0 unspecified atom stereocenters. The van der Waals surface area contributed by atoms with Gasteiger partial charge in [0.1, 0.15) is 61.0 Å². The fourth-order valence-electron chi connectivity index (χ4n) is 6.37. The van der Waals surface area contributed by atoms with Crippen molar-refractivity contribution in [3.8, 4) is 0 Å². The lowest BCUT2D eigenvalue weighted by Gasteiger charge is -2.47. The van der Waals surface area contributed by atoms with Gasteiger partial charge in [-0.25, -0.2) is 0 Å². The minimum atomic E-state index is -1.68. The van der Waals surface area contributed by atoms with Gasteiger partial charge in [-0.1, -0.05) is 0 Å². The van der Waals surface area contributed by atoms with E-state index < -0.39 is 129 Å². The van der Waals surface area contributed by atoms with Gasteiger partial charge < -0.3 is 104 Å². The first-order valence-corrected chi connectivity index (χ1v) is 16.0. The zero-order valence-electron chi connectivity index (χ0n) is 26.4. The lowest BCUT2D eigenvalue weighted by molar-refractivity contribution is -0.295. The van der Waals surface area contributed by atoms with Crippen LogP contribution in [0.15, 0.2) is 0 Å². The van der Waals surface area contributed by atoms with Crippen molar-refractivity contribution in [1.82, 2.24) is 5.32 Å². The summed E-state index contributed by atoms with van der Waals surface area (Å²) in [5.74, 6) is -0.820. The number of ether oxygens (including phenoxy) is 6. The largest absolute Gasteiger partial charge is 0.394 e. The van der Waals surface area contributed by atoms with Gasteiger partial charge in [0, 0.05) is 25.6 Å². The van der Waals surface area contributed by atoms with Gasteiger partial charge in [0.2, 0.25) is 5.91 Å². The van der Waals surface area contributed by atoms with E-state index in [9.17, 15) is 40.5 Å². The molecule has 0 aromatic carbocycles. The standard InChI is InChI=1S/C27H53N7O14/c28-2-1-11(36)24(42)34-10-4-9(31)21(46-25-15(32)12(37)3-8(5-29)43-25)23(17(10)38)48-27-20(41)22(14(7-35)45-27)47-26-16(33)19(40)18(39)13(6-30)44-26/h8-23,25-27,35-41H,1-7,28-33H2,(H,34,42)/t8-,9-,10+,11+,12+,13-,14+,15+,16+,17-,18+,19+,20+,21+,22+,23+,25+,26+,27-/m0/s1. The minimum Gasteiger partial charge on any atom is -0.394 e. The van der Waals surface area contributed by atoms with Crippen LogP contribution < -0.4 is 39.7 Å². The maximum atomic E-state index is 12.6. The van der Waals surface area contributed by atoms with Gasteiger partial charge in [0.05, 0.1) is 36.9 Å². The number of nitrogens with two attached hydrogens (primary N) is 6. The van der Waals surface area contributed by atoms with Crippen molar-refractivity contribution in [3.63, 3.8) is 0 Å². The Hall–Kier alpha value is -1.29. The SMILES string of the molecule is NCC[C@@H](O)C(=O)N[C@@H]1C[C@H](N)[C@@H](O[C@H]2O[C@H](CN)C[C@@H](O)[C@H]2N)[C@H](O[C@@H]2O[C@H](CO)[C@@H](O[C@H]3O[C@@H](CN)[C@@H](O)[C@H](O)[C@H]3N)[C@H]2O)[C@H]1O. The minimum absolute atomic E-state index is 0.0235. The highest BCUT2D eigenvalue weighted by Gasteiger charge is 2.54. The average molecular weight is 700 g/mol. The van der Waals surface area contributed by atoms with Crippen molar-refractivity contribution in [2.75, 3.05) is 26.2 Å². The first-order chi connectivity index (χ1) is 22.8. The Morgan fingerprint density at radius 2 is 1.38 bits per heavy atom. The van der Waals surface area contributed by atoms with Crippen LogP contribution in [0.3, 0.4) is 0 Å². The normalized spacial score (nSPS) is 47.5. The van der Waals surface area contributed by atoms with Crippen LogP contribution in [0.4, 0.5) is 0 Å². The van der Waals surface area contributed by atoms with E-state index in [4.69, 9.17) is 62.8 Å². The van der Waals surface area contributed by atoms with Crippen LogP contribution in [0, 0.1) is 0 Å². The molecular weight excluding hydrogens is 646 g/mol. The van der Waals surface area contributed by atoms with Crippen LogP contribution >= 0.6 is 0 Å². The zero-order valence-corrected chi connectivity index (χ0v) is 26.4. The summed E-state index contributed by atoms with van der Waals surface area (Å²) < 4.78 is 35.2. The highest BCUT2D eigenvalue weighted by atomic mass is 16.8. The maximum Gasteiger partial charge on any atom is 0.249 e. The number of nitrogens with one attached hydrogen (secondary N) is 1. The summed E-state index contributed by atoms with van der Waals surface area (Å²) in [5, 5.41) is 76.6. The molecule has 1 amide bonds. The molecule has 20 N–H and O–H groups in total. The average Bonchev–Trinajstić information content (AvgIpc) is 3.36. The van der Waals surface area contributed by atoms with Crippen molar-refractivity contribution in [2.24, 2.45) is 34.4 Å². The molecule has 0 radical (unpaired) electrons. The second-order valence-electron chi connectivity index (χ2n) is 12.7. The van der Waals surface area contributed by atoms with Crippen molar-refractivity contribution < 1.29 is 69.0 Å². The van der Waals surface area contributed by atoms with Crippen LogP contribution in [0.5, 0.6) is 0 Å². The third-order valence-electron chi connectivity index (χ3n) is 9.27. The molecule has 0 bridgehead atoms. The van der Waals surface area contributed by atoms with E-state index in [0.717, 1.165) is 0 Å². The Kier molecular flexibility index (Phi) is 14.2. The van der Waals surface area contributed by atoms with Crippen LogP contribution in [0.1, 0.15) is 19.3 Å². The molecule has 3 saturated heterocycles. The number of hydrogen-bond acceptors (Lipinski definition) is 20. The maximum absolute atomic E-state index is 12.6. The third kappa shape index (κ3) is 8.59. The van der Waals surface area contributed by atoms with E-state index in [0.29, 0.717) is 0 Å². The molecule has 0 aromatic heterocycles. The fraction of sp³-hybridized carbons (Fsp3) is 0.963. The number of carbonyl (C=O) groups is 1. The second-order valence-corrected chi connectivity index (χ2v) is 12.7. The zero-order chi connectivity index (χ0) is 35.4. The van der Waals surface area contributed by atoms with Crippen molar-refractivity contribution in [3.05, 3.63) is 0 Å². The molecule has 1 aliphatic carbocycles. The molecule has 21 heteroatoms. The highest BCUT2D eigenvalue weighted by Crippen LogP contribution is 2.34. The van der Waals surface area contributed by atoms with Gasteiger partial charge in [0.25, 0.3) is 0 Å². The molecule has 3 heterocycles. The Bertz CT molecular complexity index is 1030. The molecule has 4 fully saturated rings. The van der Waals surface area contributed by atoms with Gasteiger partial charge in [-0.05, 0) is 19.4 Å². The molecule has 4 aliphatic rings. The van der Waals surface area contributed by atoms with E-state index in [1.54, 1.807) is 0 Å². The quantitative estimate of drug-likeness (QED) is 0.0848. The topological polar surface area (TPSA) is 382 Å². The molecular formula is C27H53N7O14. The number of aliphatic hydroxyl groups excluding tert-OH is 7. The number of amides is 1. The molecule has 19 atom stereocenters. The van der Waals surface area contributed by atoms with Crippen LogP contribution in [0.2, 0.25) is 0 Å². The summed E-state index contributed by atoms with van der Waals surface area (Å²) in [4.78, 5) is 12.6. The first kappa shape index (κ1) is 39.5. The first-order valence-electron chi connectivity index (χ1n) is 16.0. The highest BCUT2D eigenvalue weighted by molar-refractivity contribution is 5.80. The third-order valence-corrected chi connectivity index (χ3v) is 9.27. The van der Waals surface area contributed by atoms with Crippen molar-refractivity contribution in [2.45, 2.75) is 136 Å². The molecule has 280 valence electrons. The Balaban J connectivity index is 1.56. The van der Waals surface area contributed by atoms with Crippen LogP contribution in [0.25, 0.3) is 0 Å². The van der Waals surface area contributed by atoms with E-state index in [1.165, 1.54) is 0 Å². The number of hydrogen-bond donors (Lipinski definition) is 14. The molecule has 21 nitrogen and oxygen atoms in total. The summed E-state index contributed by atoms with van der Waals surface area (Å²) in [6.07, 6.45) is -19.9. The van der Waals surface area contributed by atoms with Gasteiger partial charge in [-0.15, -0.1) is 0 Å². The number of rotatable bonds is 13. The monoisotopic (exact) mass is 699 g/mol. The summed E-state index contributed by atoms with van der Waals surface area (Å²) in [6.45, 7) is -0.813. The summed E-state index contributed by atoms with van der Waals surface area (Å²) in [6, 6.07) is -4.41. The van der Waals surface area contributed by atoms with Crippen molar-refractivity contribution >= 4 is 5.91 Å². The van der Waals surface area contributed by atoms with Crippen LogP contribution in [-0.2, 0) is 33.2 Å². The molecule has 4 rings (SSSR count). The number of aliphatic hydroxyl groups is 7. The summed E-state index contributed by atoms with van der Waals surface area (Å²) in [7, 11) is 0. The summed E-state index contributed by atoms with van der Waals surface area (Å²) in [5.41, 5.74) is 35.5. The molecule has 0 aromatic rings. The van der Waals surface area contributed by atoms with Crippen LogP contribution in [-0.4, -0.2) is 184 Å². The van der Waals surface area contributed by atoms with E-state index in [1.807, 2.05) is 0 Å². The summed E-state index contributed by atoms with van der Waals surface area (Å²) >= 11 is 0. The molecule has 48 heavy (non-hydrogen) atoms. The predicted octanol–water partition coefficient (Wildman–Crippen LogP) is -9.00. The smallest absolute Gasteiger partial charge is 0.249 e. The second kappa shape index (κ2) is 17.3. The Morgan fingerprint density at radius 3 is 2.00 bits per heavy atom. The van der Waals surface area contributed by atoms with Gasteiger partial charge in [0.15, 0.2) is 18.9 Å². The van der Waals surface area contributed by atoms with E-state index >= 15 is 0 Å². The van der Waals surface area contributed by atoms with E-state index in [2.05, 4.69) is 5.32 Å². The Labute approximate surface area is 276 Å². The van der Waals surface area contributed by atoms with E-state index in [-0.39, 0.29) is 38.9 Å². The lowest BCUT2D eigenvalue weighted by atomic mass is 9.83. The Morgan fingerprint density at radius 1 is 0.750 bits per heavy atom. The molecule has 1 saturated carbocycles. The lowest BCUT2D eigenvalue weighted by Crippen LogP contribution is -2.67. The van der Waals surface area contributed by atoms with Gasteiger partial charge >= 0.3 is 0 Å².